The van der Waals surface area contributed by atoms with E-state index in [-0.39, 0.29) is 25.2 Å². The molecule has 0 aromatic rings. The standard InChI is InChI=1S/C21H40O4.C19H36O2/c1-2-3-4-5-6-7-8-9-10-11-12-13-14-15-16-17-21(24)25-19-20(23)18-22;1-3-4-5-6-7-8-9-10-11-12-13-14-15-16-17-18-19(20)21-2/h9-10,20,22-23H,2-8,11-19H2,1H3;10-11H,3-9,12-18H2,1-2H3/b10-9-;11-10-. The van der Waals surface area contributed by atoms with Gasteiger partial charge in [0, 0.05) is 12.8 Å². The summed E-state index contributed by atoms with van der Waals surface area (Å²) in [5.74, 6) is -0.363. The van der Waals surface area contributed by atoms with Gasteiger partial charge in [0.15, 0.2) is 0 Å². The minimum absolute atomic E-state index is 0.0763. The Morgan fingerprint density at radius 1 is 0.522 bits per heavy atom. The summed E-state index contributed by atoms with van der Waals surface area (Å²) >= 11 is 0. The van der Waals surface area contributed by atoms with Crippen LogP contribution in [0.1, 0.15) is 194 Å². The molecule has 0 spiro atoms. The lowest BCUT2D eigenvalue weighted by Gasteiger charge is -2.08. The largest absolute Gasteiger partial charge is 0.469 e. The van der Waals surface area contributed by atoms with Crippen molar-refractivity contribution < 1.29 is 29.3 Å². The first-order chi connectivity index (χ1) is 22.5. The van der Waals surface area contributed by atoms with Crippen LogP contribution in [0.2, 0.25) is 0 Å². The number of aliphatic hydroxyl groups excluding tert-OH is 2. The van der Waals surface area contributed by atoms with Gasteiger partial charge in [-0.25, -0.2) is 0 Å². The number of methoxy groups -OCH3 is 1. The number of hydrogen-bond donors (Lipinski definition) is 2. The van der Waals surface area contributed by atoms with Crippen molar-refractivity contribution in [3.63, 3.8) is 0 Å². The molecule has 6 heteroatoms. The van der Waals surface area contributed by atoms with Crippen molar-refractivity contribution in [3.05, 3.63) is 24.3 Å². The molecule has 1 atom stereocenters. The lowest BCUT2D eigenvalue weighted by Crippen LogP contribution is -2.21. The summed E-state index contributed by atoms with van der Waals surface area (Å²) in [6.45, 7) is 4.03. The summed E-state index contributed by atoms with van der Waals surface area (Å²) in [6.07, 6.45) is 42.1. The average Bonchev–Trinajstić information content (AvgIpc) is 3.07. The Morgan fingerprint density at radius 2 is 0.848 bits per heavy atom. The topological polar surface area (TPSA) is 93.1 Å². The molecule has 2 N–H and O–H groups in total. The molecule has 0 aliphatic rings. The van der Waals surface area contributed by atoms with E-state index in [9.17, 15) is 9.59 Å². The Morgan fingerprint density at radius 3 is 1.20 bits per heavy atom. The van der Waals surface area contributed by atoms with E-state index in [0.29, 0.717) is 12.8 Å². The maximum absolute atomic E-state index is 11.4. The molecular weight excluding hydrogens is 576 g/mol. The minimum Gasteiger partial charge on any atom is -0.469 e. The maximum atomic E-state index is 11.4. The molecule has 6 nitrogen and oxygen atoms in total. The number of rotatable bonds is 33. The summed E-state index contributed by atoms with van der Waals surface area (Å²) in [6, 6.07) is 0. The first kappa shape index (κ1) is 46.5. The van der Waals surface area contributed by atoms with Gasteiger partial charge in [0.25, 0.3) is 0 Å². The predicted octanol–water partition coefficient (Wildman–Crippen LogP) is 11.1. The summed E-state index contributed by atoms with van der Waals surface area (Å²) in [4.78, 5) is 22.3. The van der Waals surface area contributed by atoms with Gasteiger partial charge in [-0.3, -0.25) is 9.59 Å². The molecule has 0 radical (unpaired) electrons. The van der Waals surface area contributed by atoms with Crippen LogP contribution in [0.15, 0.2) is 24.3 Å². The lowest BCUT2D eigenvalue weighted by atomic mass is 10.1. The van der Waals surface area contributed by atoms with Crippen LogP contribution < -0.4 is 0 Å². The quantitative estimate of drug-likeness (QED) is 0.0416. The van der Waals surface area contributed by atoms with Crippen LogP contribution >= 0.6 is 0 Å². The highest BCUT2D eigenvalue weighted by Gasteiger charge is 2.07. The summed E-state index contributed by atoms with van der Waals surface area (Å²) in [5.41, 5.74) is 0. The molecule has 0 rings (SSSR count). The number of carbonyl (C=O) groups is 2. The van der Waals surface area contributed by atoms with Crippen molar-refractivity contribution in [2.45, 2.75) is 200 Å². The zero-order chi connectivity index (χ0) is 34.2. The maximum Gasteiger partial charge on any atom is 0.305 e. The van der Waals surface area contributed by atoms with Crippen LogP contribution in [0, 0.1) is 0 Å². The number of unbranched alkanes of at least 4 members (excludes halogenated alkanes) is 22. The fourth-order valence-electron chi connectivity index (χ4n) is 5.10. The lowest BCUT2D eigenvalue weighted by molar-refractivity contribution is -0.147. The highest BCUT2D eigenvalue weighted by atomic mass is 16.5. The van der Waals surface area contributed by atoms with E-state index >= 15 is 0 Å². The van der Waals surface area contributed by atoms with Crippen molar-refractivity contribution >= 4 is 11.9 Å². The number of hydrogen-bond acceptors (Lipinski definition) is 6. The van der Waals surface area contributed by atoms with Gasteiger partial charge in [-0.1, -0.05) is 141 Å². The van der Waals surface area contributed by atoms with Gasteiger partial charge < -0.3 is 19.7 Å². The van der Waals surface area contributed by atoms with E-state index in [4.69, 9.17) is 14.9 Å². The van der Waals surface area contributed by atoms with Gasteiger partial charge in [0.2, 0.25) is 0 Å². The van der Waals surface area contributed by atoms with E-state index in [1.54, 1.807) is 0 Å². The van der Waals surface area contributed by atoms with Crippen molar-refractivity contribution in [1.82, 2.24) is 0 Å². The smallest absolute Gasteiger partial charge is 0.305 e. The predicted molar refractivity (Wildman–Crippen MR) is 195 cm³/mol. The van der Waals surface area contributed by atoms with E-state index in [1.807, 2.05) is 0 Å². The summed E-state index contributed by atoms with van der Waals surface area (Å²) in [7, 11) is 1.46. The Kier molecular flexibility index (Phi) is 41.8. The molecule has 0 aromatic heterocycles. The monoisotopic (exact) mass is 653 g/mol. The Labute approximate surface area is 285 Å². The zero-order valence-electron chi connectivity index (χ0n) is 30.6. The van der Waals surface area contributed by atoms with Crippen LogP contribution in [0.4, 0.5) is 0 Å². The number of aliphatic hydroxyl groups is 2. The Balaban J connectivity index is 0. The normalized spacial score (nSPS) is 11.9. The number of allylic oxidation sites excluding steroid dienone is 4. The third-order valence-electron chi connectivity index (χ3n) is 8.16. The third-order valence-corrected chi connectivity index (χ3v) is 8.16. The van der Waals surface area contributed by atoms with Gasteiger partial charge in [0.1, 0.15) is 12.7 Å². The third kappa shape index (κ3) is 42.3. The van der Waals surface area contributed by atoms with E-state index in [1.165, 1.54) is 136 Å². The molecular formula is C40H76O6. The molecule has 0 saturated carbocycles. The fraction of sp³-hybridized carbons (Fsp3) is 0.850. The Bertz CT molecular complexity index is 675. The molecule has 0 heterocycles. The minimum atomic E-state index is -0.960. The Hall–Kier alpha value is -1.66. The first-order valence-corrected chi connectivity index (χ1v) is 19.3. The fourth-order valence-corrected chi connectivity index (χ4v) is 5.10. The van der Waals surface area contributed by atoms with Crippen molar-refractivity contribution in [2.24, 2.45) is 0 Å². The van der Waals surface area contributed by atoms with Gasteiger partial charge in [0.05, 0.1) is 13.7 Å². The number of ether oxygens (including phenoxy) is 2. The molecule has 46 heavy (non-hydrogen) atoms. The number of carbonyl (C=O) groups excluding carboxylic acids is 2. The van der Waals surface area contributed by atoms with Gasteiger partial charge in [-0.2, -0.15) is 0 Å². The highest BCUT2D eigenvalue weighted by Crippen LogP contribution is 2.12. The molecule has 1 unspecified atom stereocenters. The van der Waals surface area contributed by atoms with Gasteiger partial charge >= 0.3 is 11.9 Å². The summed E-state index contributed by atoms with van der Waals surface area (Å²) in [5, 5.41) is 17.7. The molecule has 272 valence electrons. The highest BCUT2D eigenvalue weighted by molar-refractivity contribution is 5.69. The van der Waals surface area contributed by atoms with Crippen LogP contribution in [0.25, 0.3) is 0 Å². The molecule has 0 amide bonds. The van der Waals surface area contributed by atoms with Gasteiger partial charge in [-0.15, -0.1) is 0 Å². The van der Waals surface area contributed by atoms with E-state index in [0.717, 1.165) is 38.5 Å². The second-order valence-corrected chi connectivity index (χ2v) is 12.8. The average molecular weight is 653 g/mol. The van der Waals surface area contributed by atoms with Crippen molar-refractivity contribution in [1.29, 1.82) is 0 Å². The zero-order valence-corrected chi connectivity index (χ0v) is 30.6. The van der Waals surface area contributed by atoms with Crippen LogP contribution in [-0.4, -0.2) is 48.6 Å². The van der Waals surface area contributed by atoms with E-state index in [2.05, 4.69) is 42.9 Å². The second-order valence-electron chi connectivity index (χ2n) is 12.8. The van der Waals surface area contributed by atoms with Crippen LogP contribution in [0.5, 0.6) is 0 Å². The molecule has 0 fully saturated rings. The van der Waals surface area contributed by atoms with Gasteiger partial charge in [-0.05, 0) is 64.2 Å². The SMILES string of the molecule is CCCCCCCC/C=C\CCCCCCCC(=O)OC.CCCCCCCC/C=C\CCCCCCCC(=O)OCC(O)CO. The van der Waals surface area contributed by atoms with Crippen LogP contribution in [-0.2, 0) is 19.1 Å². The summed E-state index contributed by atoms with van der Waals surface area (Å²) < 4.78 is 9.48. The first-order valence-electron chi connectivity index (χ1n) is 19.3. The second kappa shape index (κ2) is 41.4. The molecule has 0 bridgehead atoms. The molecule has 0 aromatic carbocycles. The van der Waals surface area contributed by atoms with Crippen LogP contribution in [0.3, 0.4) is 0 Å². The van der Waals surface area contributed by atoms with Crippen molar-refractivity contribution in [2.75, 3.05) is 20.3 Å². The molecule has 0 aliphatic heterocycles. The van der Waals surface area contributed by atoms with Crippen molar-refractivity contribution in [3.8, 4) is 0 Å². The molecule has 0 aliphatic carbocycles. The van der Waals surface area contributed by atoms with E-state index < -0.39 is 6.10 Å². The molecule has 0 saturated heterocycles. The number of esters is 2.